The first-order valence-corrected chi connectivity index (χ1v) is 13.1. The highest BCUT2D eigenvalue weighted by atomic mass is 35.5. The van der Waals surface area contributed by atoms with Gasteiger partial charge in [0, 0.05) is 22.5 Å². The van der Waals surface area contributed by atoms with Crippen LogP contribution in [-0.2, 0) is 6.54 Å². The summed E-state index contributed by atoms with van der Waals surface area (Å²) in [7, 11) is 1.65. The zero-order chi connectivity index (χ0) is 27.1. The van der Waals surface area contributed by atoms with Crippen LogP contribution in [0.2, 0.25) is 5.02 Å². The van der Waals surface area contributed by atoms with Crippen molar-refractivity contribution < 1.29 is 9.53 Å². The Morgan fingerprint density at radius 1 is 1.00 bits per heavy atom. The van der Waals surface area contributed by atoms with E-state index >= 15 is 0 Å². The molecule has 6 rings (SSSR count). The number of amides is 2. The molecule has 1 atom stereocenters. The molecule has 1 N–H and O–H groups in total. The minimum Gasteiger partial charge on any atom is -0.497 e. The molecule has 3 heterocycles. The molecule has 0 spiro atoms. The number of ether oxygens (including phenoxy) is 1. The summed E-state index contributed by atoms with van der Waals surface area (Å²) >= 11 is 6.37. The number of hydrogen-bond donors (Lipinski definition) is 1. The molecule has 39 heavy (non-hydrogen) atoms. The molecule has 0 bridgehead atoms. The lowest BCUT2D eigenvalue weighted by Crippen LogP contribution is -2.38. The van der Waals surface area contributed by atoms with Crippen molar-refractivity contribution in [1.29, 1.82) is 0 Å². The van der Waals surface area contributed by atoms with Crippen LogP contribution in [0.1, 0.15) is 34.1 Å². The number of urea groups is 1. The SMILES string of the molecule is COc1ccc([C@H]2c3cccn3-c3c(c(C)nn3-c3ccccc3)CN2C(=O)Nc2ccc(C)c(Cl)c2)cc1. The Hall–Kier alpha value is -4.49. The van der Waals surface area contributed by atoms with Crippen LogP contribution in [0.3, 0.4) is 0 Å². The maximum atomic E-state index is 14.1. The Kier molecular flexibility index (Phi) is 6.37. The monoisotopic (exact) mass is 537 g/mol. The number of anilines is 1. The molecule has 8 heteroatoms. The maximum absolute atomic E-state index is 14.1. The molecule has 3 aromatic carbocycles. The molecule has 0 unspecified atom stereocenters. The van der Waals surface area contributed by atoms with Gasteiger partial charge in [-0.3, -0.25) is 0 Å². The van der Waals surface area contributed by atoms with Gasteiger partial charge >= 0.3 is 6.03 Å². The van der Waals surface area contributed by atoms with Crippen LogP contribution in [0.4, 0.5) is 10.5 Å². The van der Waals surface area contributed by atoms with Gasteiger partial charge in [0.05, 0.1) is 36.8 Å². The van der Waals surface area contributed by atoms with Gasteiger partial charge < -0.3 is 19.5 Å². The summed E-state index contributed by atoms with van der Waals surface area (Å²) in [4.78, 5) is 15.9. The van der Waals surface area contributed by atoms with Crippen LogP contribution < -0.4 is 10.1 Å². The summed E-state index contributed by atoms with van der Waals surface area (Å²) in [6.07, 6.45) is 2.03. The fourth-order valence-corrected chi connectivity index (χ4v) is 5.33. The summed E-state index contributed by atoms with van der Waals surface area (Å²) in [6, 6.07) is 26.9. The van der Waals surface area contributed by atoms with Gasteiger partial charge in [-0.2, -0.15) is 5.10 Å². The van der Waals surface area contributed by atoms with Crippen molar-refractivity contribution in [3.63, 3.8) is 0 Å². The minimum atomic E-state index is -0.372. The molecule has 5 aromatic rings. The van der Waals surface area contributed by atoms with E-state index in [1.165, 1.54) is 0 Å². The van der Waals surface area contributed by atoms with Crippen LogP contribution in [-0.4, -0.2) is 32.4 Å². The van der Waals surface area contributed by atoms with Gasteiger partial charge in [0.1, 0.15) is 11.6 Å². The lowest BCUT2D eigenvalue weighted by atomic mass is 10.0. The number of carbonyl (C=O) groups excluding carboxylic acids is 1. The second-order valence-corrected chi connectivity index (χ2v) is 10.0. The first-order valence-electron chi connectivity index (χ1n) is 12.7. The van der Waals surface area contributed by atoms with Crippen molar-refractivity contribution in [3.8, 4) is 17.3 Å². The number of halogens is 1. The third kappa shape index (κ3) is 4.45. The van der Waals surface area contributed by atoms with E-state index in [0.717, 1.165) is 45.3 Å². The predicted molar refractivity (Wildman–Crippen MR) is 153 cm³/mol. The summed E-state index contributed by atoms with van der Waals surface area (Å²) in [5.41, 5.74) is 6.30. The van der Waals surface area contributed by atoms with Crippen molar-refractivity contribution in [2.45, 2.75) is 26.4 Å². The number of rotatable bonds is 4. The van der Waals surface area contributed by atoms with Crippen LogP contribution in [0.25, 0.3) is 11.5 Å². The van der Waals surface area contributed by atoms with Crippen molar-refractivity contribution in [2.24, 2.45) is 0 Å². The molecular formula is C31H28ClN5O2. The number of hydrogen-bond acceptors (Lipinski definition) is 3. The van der Waals surface area contributed by atoms with Gasteiger partial charge in [-0.05, 0) is 73.5 Å². The standard InChI is InChI=1S/C31H28ClN5O2/c1-20-11-14-23(18-27(20)32)33-31(38)36-19-26-21(2)34-37(24-8-5-4-6-9-24)30(26)35-17-7-10-28(35)29(36)22-12-15-25(39-3)16-13-22/h4-18,29H,19H2,1-3H3,(H,33,38)/t29-/m0/s1. The zero-order valence-electron chi connectivity index (χ0n) is 21.9. The van der Waals surface area contributed by atoms with E-state index in [1.807, 2.05) is 102 Å². The molecule has 1 aliphatic heterocycles. The second-order valence-electron chi connectivity index (χ2n) is 9.64. The van der Waals surface area contributed by atoms with Crippen LogP contribution in [0.5, 0.6) is 5.75 Å². The molecule has 0 fully saturated rings. The Morgan fingerprint density at radius 3 is 2.49 bits per heavy atom. The van der Waals surface area contributed by atoms with E-state index in [0.29, 0.717) is 17.3 Å². The highest BCUT2D eigenvalue weighted by Crippen LogP contribution is 2.39. The van der Waals surface area contributed by atoms with Crippen molar-refractivity contribution in [3.05, 3.63) is 124 Å². The number of nitrogens with one attached hydrogen (secondary N) is 1. The molecule has 2 amide bonds. The van der Waals surface area contributed by atoms with Crippen molar-refractivity contribution in [2.75, 3.05) is 12.4 Å². The van der Waals surface area contributed by atoms with Crippen LogP contribution in [0, 0.1) is 13.8 Å². The Morgan fingerprint density at radius 2 is 1.77 bits per heavy atom. The van der Waals surface area contributed by atoms with Gasteiger partial charge in [0.25, 0.3) is 0 Å². The number of benzene rings is 3. The number of carbonyl (C=O) groups is 1. The lowest BCUT2D eigenvalue weighted by molar-refractivity contribution is 0.194. The van der Waals surface area contributed by atoms with Crippen LogP contribution >= 0.6 is 11.6 Å². The normalized spacial score (nSPS) is 14.4. The van der Waals surface area contributed by atoms with Gasteiger partial charge in [-0.25, -0.2) is 9.48 Å². The number of nitrogens with zero attached hydrogens (tertiary/aromatic N) is 4. The van der Waals surface area contributed by atoms with E-state index in [9.17, 15) is 4.79 Å². The second kappa shape index (κ2) is 10.0. The largest absolute Gasteiger partial charge is 0.497 e. The van der Waals surface area contributed by atoms with E-state index in [-0.39, 0.29) is 12.1 Å². The predicted octanol–water partition coefficient (Wildman–Crippen LogP) is 7.08. The van der Waals surface area contributed by atoms with Gasteiger partial charge in [-0.15, -0.1) is 0 Å². The third-order valence-corrected chi connectivity index (χ3v) is 7.61. The molecule has 0 saturated heterocycles. The fraction of sp³-hybridized carbons (Fsp3) is 0.161. The Bertz CT molecular complexity index is 1660. The average Bonchev–Trinajstić information content (AvgIpc) is 3.51. The number of fused-ring (bicyclic) bond motifs is 3. The Labute approximate surface area is 232 Å². The quantitative estimate of drug-likeness (QED) is 0.266. The molecule has 0 radical (unpaired) electrons. The topological polar surface area (TPSA) is 64.3 Å². The number of methoxy groups -OCH3 is 1. The highest BCUT2D eigenvalue weighted by Gasteiger charge is 2.36. The van der Waals surface area contributed by atoms with Gasteiger partial charge in [-0.1, -0.05) is 48.0 Å². The number of aromatic nitrogens is 3. The molecule has 0 aliphatic carbocycles. The summed E-state index contributed by atoms with van der Waals surface area (Å²) in [5, 5.41) is 8.59. The first-order chi connectivity index (χ1) is 18.9. The number of aryl methyl sites for hydroxylation is 2. The minimum absolute atomic E-state index is 0.233. The Balaban J connectivity index is 1.52. The lowest BCUT2D eigenvalue weighted by Gasteiger charge is -2.31. The van der Waals surface area contributed by atoms with Gasteiger partial charge in [0.2, 0.25) is 0 Å². The third-order valence-electron chi connectivity index (χ3n) is 7.20. The van der Waals surface area contributed by atoms with E-state index in [2.05, 4.69) is 16.0 Å². The molecular weight excluding hydrogens is 510 g/mol. The van der Waals surface area contributed by atoms with E-state index in [1.54, 1.807) is 13.2 Å². The van der Waals surface area contributed by atoms with E-state index in [4.69, 9.17) is 21.4 Å². The zero-order valence-corrected chi connectivity index (χ0v) is 22.7. The summed E-state index contributed by atoms with van der Waals surface area (Å²) in [5.74, 6) is 1.68. The fourth-order valence-electron chi connectivity index (χ4n) is 5.15. The molecule has 0 saturated carbocycles. The summed E-state index contributed by atoms with van der Waals surface area (Å²) < 4.78 is 9.51. The molecule has 2 aromatic heterocycles. The van der Waals surface area contributed by atoms with Gasteiger partial charge in [0.15, 0.2) is 0 Å². The average molecular weight is 538 g/mol. The summed E-state index contributed by atoms with van der Waals surface area (Å²) in [6.45, 7) is 4.29. The van der Waals surface area contributed by atoms with Crippen molar-refractivity contribution >= 4 is 23.3 Å². The molecule has 7 nitrogen and oxygen atoms in total. The smallest absolute Gasteiger partial charge is 0.322 e. The van der Waals surface area contributed by atoms with E-state index < -0.39 is 0 Å². The first kappa shape index (κ1) is 24.8. The molecule has 196 valence electrons. The van der Waals surface area contributed by atoms with Crippen LogP contribution in [0.15, 0.2) is 91.1 Å². The molecule has 1 aliphatic rings. The van der Waals surface area contributed by atoms with Crippen molar-refractivity contribution in [1.82, 2.24) is 19.2 Å². The number of para-hydroxylation sites is 1. The highest BCUT2D eigenvalue weighted by molar-refractivity contribution is 6.31. The maximum Gasteiger partial charge on any atom is 0.322 e.